The molecule has 15 heavy (non-hydrogen) atoms. The van der Waals surface area contributed by atoms with E-state index in [2.05, 4.69) is 26.2 Å². The Morgan fingerprint density at radius 2 is 1.73 bits per heavy atom. The monoisotopic (exact) mass is 249 g/mol. The molecule has 0 fully saturated rings. The van der Waals surface area contributed by atoms with Crippen molar-refractivity contribution in [2.24, 2.45) is 0 Å². The highest BCUT2D eigenvalue weighted by Crippen LogP contribution is 2.14. The van der Waals surface area contributed by atoms with Crippen LogP contribution in [0.3, 0.4) is 0 Å². The Morgan fingerprint density at radius 3 is 2.27 bits per heavy atom. The van der Waals surface area contributed by atoms with Gasteiger partial charge in [0.1, 0.15) is 0 Å². The second-order valence-corrected chi connectivity index (χ2v) is 11.1. The van der Waals surface area contributed by atoms with Gasteiger partial charge < -0.3 is 13.6 Å². The number of hydrogen-bond donors (Lipinski definition) is 0. The molecular weight excluding hydrogens is 224 g/mol. The maximum atomic E-state index is 6.03. The summed E-state index contributed by atoms with van der Waals surface area (Å²) < 4.78 is 16.4. The van der Waals surface area contributed by atoms with Crippen molar-refractivity contribution in [1.29, 1.82) is 0 Å². The third-order valence-corrected chi connectivity index (χ3v) is 7.38. The summed E-state index contributed by atoms with van der Waals surface area (Å²) in [5.74, 6) is 0. The van der Waals surface area contributed by atoms with Gasteiger partial charge >= 0.3 is 0 Å². The van der Waals surface area contributed by atoms with Crippen LogP contribution in [0.25, 0.3) is 0 Å². The van der Waals surface area contributed by atoms with Crippen LogP contribution in [0.1, 0.15) is 6.42 Å². The van der Waals surface area contributed by atoms with E-state index in [1.54, 1.807) is 7.11 Å². The van der Waals surface area contributed by atoms with Crippen LogP contribution in [0.2, 0.25) is 32.2 Å². The molecule has 0 aliphatic rings. The molecule has 0 spiro atoms. The van der Waals surface area contributed by atoms with Crippen LogP contribution in [-0.4, -0.2) is 44.3 Å². The van der Waals surface area contributed by atoms with Crippen molar-refractivity contribution in [3.05, 3.63) is 0 Å². The van der Waals surface area contributed by atoms with E-state index in [1.165, 1.54) is 6.04 Å². The lowest BCUT2D eigenvalue weighted by Gasteiger charge is -2.25. The van der Waals surface area contributed by atoms with Crippen molar-refractivity contribution in [1.82, 2.24) is 0 Å². The van der Waals surface area contributed by atoms with Gasteiger partial charge in [-0.05, 0) is 38.7 Å². The lowest BCUT2D eigenvalue weighted by molar-refractivity contribution is 0.0707. The minimum Gasteiger partial charge on any atom is -0.456 e. The van der Waals surface area contributed by atoms with Crippen molar-refractivity contribution >= 4 is 17.4 Å². The Kier molecular flexibility index (Phi) is 8.64. The van der Waals surface area contributed by atoms with Crippen LogP contribution in [0.4, 0.5) is 0 Å². The van der Waals surface area contributed by atoms with Crippen LogP contribution < -0.4 is 0 Å². The minimum absolute atomic E-state index is 0.541. The van der Waals surface area contributed by atoms with Crippen LogP contribution in [-0.2, 0) is 13.6 Å². The first kappa shape index (κ1) is 15.3. The molecule has 0 unspecified atom stereocenters. The molecular formula is C10H25O3Si2. The molecule has 5 heteroatoms. The number of rotatable bonds is 9. The molecule has 0 bridgehead atoms. The van der Waals surface area contributed by atoms with Gasteiger partial charge in [-0.3, -0.25) is 0 Å². The van der Waals surface area contributed by atoms with Gasteiger partial charge in [-0.15, -0.1) is 0 Å². The summed E-state index contributed by atoms with van der Waals surface area (Å²) in [5.41, 5.74) is 0. The van der Waals surface area contributed by atoms with Crippen molar-refractivity contribution in [3.8, 4) is 0 Å². The van der Waals surface area contributed by atoms with Gasteiger partial charge in [0.25, 0.3) is 0 Å². The van der Waals surface area contributed by atoms with E-state index in [-0.39, 0.29) is 0 Å². The Morgan fingerprint density at radius 1 is 1.07 bits per heavy atom. The molecule has 0 aliphatic heterocycles. The zero-order chi connectivity index (χ0) is 11.7. The molecule has 0 aromatic rings. The van der Waals surface area contributed by atoms with Crippen molar-refractivity contribution in [2.75, 3.05) is 26.9 Å². The molecule has 0 amide bonds. The zero-order valence-electron chi connectivity index (χ0n) is 10.8. The second-order valence-electron chi connectivity index (χ2n) is 4.48. The summed E-state index contributed by atoms with van der Waals surface area (Å²) in [6, 6.07) is 1.19. The highest BCUT2D eigenvalue weighted by molar-refractivity contribution is 6.77. The molecule has 1 radical (unpaired) electrons. The van der Waals surface area contributed by atoms with E-state index < -0.39 is 17.4 Å². The molecule has 0 aromatic carbocycles. The van der Waals surface area contributed by atoms with E-state index in [0.717, 1.165) is 13.0 Å². The number of hydrogen-bond acceptors (Lipinski definition) is 3. The quantitative estimate of drug-likeness (QED) is 0.464. The molecule has 3 nitrogen and oxygen atoms in total. The third kappa shape index (κ3) is 10.6. The SMILES string of the molecule is COCCOCCC[Si](C)(C)O[Si](C)C. The highest BCUT2D eigenvalue weighted by atomic mass is 28.4. The van der Waals surface area contributed by atoms with Gasteiger partial charge in [-0.25, -0.2) is 0 Å². The van der Waals surface area contributed by atoms with Gasteiger partial charge in [-0.1, -0.05) is 0 Å². The fourth-order valence-corrected chi connectivity index (χ4v) is 7.27. The fourth-order valence-electron chi connectivity index (χ4n) is 1.45. The topological polar surface area (TPSA) is 27.7 Å². The largest absolute Gasteiger partial charge is 0.456 e. The van der Waals surface area contributed by atoms with E-state index >= 15 is 0 Å². The standard InChI is InChI=1S/C10H25O3Si2/c1-11-8-9-12-7-6-10-15(4,5)13-14(2)3/h6-10H2,1-5H3. The maximum absolute atomic E-state index is 6.03. The summed E-state index contributed by atoms with van der Waals surface area (Å²) in [5, 5.41) is 0. The average Bonchev–Trinajstić information content (AvgIpc) is 2.08. The predicted molar refractivity (Wildman–Crippen MR) is 68.2 cm³/mol. The van der Waals surface area contributed by atoms with Crippen LogP contribution in [0.5, 0.6) is 0 Å². The second kappa shape index (κ2) is 8.46. The smallest absolute Gasteiger partial charge is 0.191 e. The van der Waals surface area contributed by atoms with Crippen LogP contribution >= 0.6 is 0 Å². The minimum atomic E-state index is -1.40. The van der Waals surface area contributed by atoms with Gasteiger partial charge in [0.05, 0.1) is 13.2 Å². The van der Waals surface area contributed by atoms with E-state index in [1.807, 2.05) is 0 Å². The molecule has 0 rings (SSSR count). The van der Waals surface area contributed by atoms with Gasteiger partial charge in [0.2, 0.25) is 0 Å². The van der Waals surface area contributed by atoms with Gasteiger partial charge in [0, 0.05) is 13.7 Å². The molecule has 91 valence electrons. The molecule has 0 N–H and O–H groups in total. The first-order valence-electron chi connectivity index (χ1n) is 5.54. The van der Waals surface area contributed by atoms with Crippen molar-refractivity contribution in [3.63, 3.8) is 0 Å². The van der Waals surface area contributed by atoms with Gasteiger partial charge in [-0.2, -0.15) is 0 Å². The molecule has 0 aromatic heterocycles. The van der Waals surface area contributed by atoms with Crippen LogP contribution in [0, 0.1) is 0 Å². The summed E-state index contributed by atoms with van der Waals surface area (Å²) in [4.78, 5) is 0. The number of methoxy groups -OCH3 is 1. The molecule has 0 saturated heterocycles. The van der Waals surface area contributed by atoms with Crippen LogP contribution in [0.15, 0.2) is 0 Å². The number of ether oxygens (including phenoxy) is 2. The Balaban J connectivity index is 3.40. The fraction of sp³-hybridized carbons (Fsp3) is 1.00. The van der Waals surface area contributed by atoms with Crippen molar-refractivity contribution in [2.45, 2.75) is 38.7 Å². The van der Waals surface area contributed by atoms with Gasteiger partial charge in [0.15, 0.2) is 17.4 Å². The highest BCUT2D eigenvalue weighted by Gasteiger charge is 2.22. The Hall–Kier alpha value is 0.314. The molecule has 0 saturated carbocycles. The molecule has 0 aliphatic carbocycles. The lowest BCUT2D eigenvalue weighted by Crippen LogP contribution is -2.35. The first-order valence-corrected chi connectivity index (χ1v) is 11.1. The summed E-state index contributed by atoms with van der Waals surface area (Å²) in [6.07, 6.45) is 1.11. The normalized spacial score (nSPS) is 12.4. The Bertz CT molecular complexity index is 152. The van der Waals surface area contributed by atoms with Crippen molar-refractivity contribution < 1.29 is 13.6 Å². The van der Waals surface area contributed by atoms with E-state index in [9.17, 15) is 0 Å². The molecule has 0 atom stereocenters. The third-order valence-electron chi connectivity index (χ3n) is 1.98. The first-order chi connectivity index (χ1) is 6.98. The van der Waals surface area contributed by atoms with E-state index in [0.29, 0.717) is 13.2 Å². The summed E-state index contributed by atoms with van der Waals surface area (Å²) in [7, 11) is -0.248. The summed E-state index contributed by atoms with van der Waals surface area (Å²) in [6.45, 7) is 11.2. The lowest BCUT2D eigenvalue weighted by atomic mass is 10.5. The maximum Gasteiger partial charge on any atom is 0.191 e. The summed E-state index contributed by atoms with van der Waals surface area (Å²) >= 11 is 0. The average molecular weight is 249 g/mol. The predicted octanol–water partition coefficient (Wildman–Crippen LogP) is 2.51. The zero-order valence-corrected chi connectivity index (χ0v) is 12.8. The molecule has 0 heterocycles. The Labute approximate surface area is 97.0 Å². The van der Waals surface area contributed by atoms with E-state index in [4.69, 9.17) is 13.6 Å².